The van der Waals surface area contributed by atoms with Crippen molar-refractivity contribution in [2.75, 3.05) is 13.1 Å². The number of fused-ring (bicyclic) bond motifs is 5. The van der Waals surface area contributed by atoms with E-state index in [1.807, 2.05) is 0 Å². The van der Waals surface area contributed by atoms with Crippen molar-refractivity contribution in [3.05, 3.63) is 35.5 Å². The Hall–Kier alpha value is -1.28. The second kappa shape index (κ2) is 4.63. The van der Waals surface area contributed by atoms with E-state index in [0.29, 0.717) is 12.0 Å². The lowest BCUT2D eigenvalue weighted by Gasteiger charge is -2.45. The molecule has 0 radical (unpaired) electrons. The number of nitrogens with one attached hydrogen (secondary N) is 1. The number of para-hydroxylation sites is 1. The molecule has 1 aromatic heterocycles. The number of aromatic nitrogens is 1. The van der Waals surface area contributed by atoms with E-state index in [0.717, 1.165) is 5.92 Å². The smallest absolute Gasteiger partial charge is 0.0527 e. The van der Waals surface area contributed by atoms with Crippen LogP contribution in [0.3, 0.4) is 0 Å². The van der Waals surface area contributed by atoms with Gasteiger partial charge in [-0.2, -0.15) is 0 Å². The first kappa shape index (κ1) is 12.5. The molecule has 0 bridgehead atoms. The van der Waals surface area contributed by atoms with Crippen molar-refractivity contribution in [3.63, 3.8) is 0 Å². The Morgan fingerprint density at radius 3 is 3.00 bits per heavy atom. The van der Waals surface area contributed by atoms with Gasteiger partial charge >= 0.3 is 0 Å². The van der Waals surface area contributed by atoms with Gasteiger partial charge in [0, 0.05) is 23.1 Å². The Labute approximate surface area is 121 Å². The molecule has 2 aliphatic rings. The largest absolute Gasteiger partial charge is 0.357 e. The Morgan fingerprint density at radius 2 is 2.15 bits per heavy atom. The summed E-state index contributed by atoms with van der Waals surface area (Å²) in [4.78, 5) is 6.50. The summed E-state index contributed by atoms with van der Waals surface area (Å²) in [5, 5.41) is 1.46. The predicted octanol–water partition coefficient (Wildman–Crippen LogP) is 4.45. The van der Waals surface area contributed by atoms with E-state index in [1.54, 1.807) is 5.56 Å². The zero-order valence-corrected chi connectivity index (χ0v) is 12.5. The lowest BCUT2D eigenvalue weighted by Crippen LogP contribution is -2.44. The normalized spacial score (nSPS) is 30.2. The number of hydrogen-bond acceptors (Lipinski definition) is 1. The van der Waals surface area contributed by atoms with Crippen molar-refractivity contribution in [2.45, 2.75) is 45.1 Å². The molecule has 0 spiro atoms. The van der Waals surface area contributed by atoms with Crippen LogP contribution in [0.4, 0.5) is 0 Å². The minimum absolute atomic E-state index is 0.619. The topological polar surface area (TPSA) is 19.0 Å². The maximum absolute atomic E-state index is 3.77. The highest BCUT2D eigenvalue weighted by Gasteiger charge is 2.39. The summed E-state index contributed by atoms with van der Waals surface area (Å²) in [7, 11) is 0. The number of H-pyrrole nitrogens is 1. The molecule has 4 rings (SSSR count). The van der Waals surface area contributed by atoms with Gasteiger partial charge in [0.1, 0.15) is 0 Å². The number of hydrogen-bond donors (Lipinski definition) is 1. The summed E-state index contributed by atoms with van der Waals surface area (Å²) in [6, 6.07) is 9.48. The summed E-state index contributed by atoms with van der Waals surface area (Å²) in [5.41, 5.74) is 4.48. The van der Waals surface area contributed by atoms with Crippen molar-refractivity contribution in [3.8, 4) is 0 Å². The van der Waals surface area contributed by atoms with Crippen LogP contribution < -0.4 is 0 Å². The van der Waals surface area contributed by atoms with E-state index in [-0.39, 0.29) is 0 Å². The van der Waals surface area contributed by atoms with E-state index < -0.39 is 0 Å². The SMILES string of the molecule is CCC1CN2CCC[C@H](C)C2c2[nH]c3ccccc3c21. The maximum atomic E-state index is 3.77. The molecule has 3 heterocycles. The first-order chi connectivity index (χ1) is 9.79. The third-order valence-corrected chi connectivity index (χ3v) is 5.47. The summed E-state index contributed by atoms with van der Waals surface area (Å²) in [6.07, 6.45) is 3.98. The van der Waals surface area contributed by atoms with Gasteiger partial charge in [0.2, 0.25) is 0 Å². The fourth-order valence-corrected chi connectivity index (χ4v) is 4.51. The van der Waals surface area contributed by atoms with Gasteiger partial charge in [-0.1, -0.05) is 32.0 Å². The standard InChI is InChI=1S/C18H24N2/c1-3-13-11-20-10-6-7-12(2)18(20)17-16(13)14-8-4-5-9-15(14)19-17/h4-5,8-9,12-13,18-19H,3,6-7,10-11H2,1-2H3/t12-,13?,18?/m0/s1. The lowest BCUT2D eigenvalue weighted by molar-refractivity contribution is 0.0780. The monoisotopic (exact) mass is 268 g/mol. The van der Waals surface area contributed by atoms with Crippen LogP contribution in [-0.4, -0.2) is 23.0 Å². The molecule has 2 aromatic rings. The third-order valence-electron chi connectivity index (χ3n) is 5.47. The van der Waals surface area contributed by atoms with E-state index in [2.05, 4.69) is 48.0 Å². The van der Waals surface area contributed by atoms with Crippen molar-refractivity contribution in [1.29, 1.82) is 0 Å². The van der Waals surface area contributed by atoms with Crippen LogP contribution in [-0.2, 0) is 0 Å². The van der Waals surface area contributed by atoms with Crippen molar-refractivity contribution >= 4 is 10.9 Å². The minimum Gasteiger partial charge on any atom is -0.357 e. The number of benzene rings is 1. The van der Waals surface area contributed by atoms with Gasteiger partial charge in [-0.3, -0.25) is 4.90 Å². The quantitative estimate of drug-likeness (QED) is 0.809. The van der Waals surface area contributed by atoms with E-state index in [9.17, 15) is 0 Å². The van der Waals surface area contributed by atoms with E-state index in [1.165, 1.54) is 48.9 Å². The summed E-state index contributed by atoms with van der Waals surface area (Å²) in [5.74, 6) is 1.47. The minimum atomic E-state index is 0.619. The Balaban J connectivity index is 1.93. The molecule has 0 saturated carbocycles. The molecular weight excluding hydrogens is 244 g/mol. The summed E-state index contributed by atoms with van der Waals surface area (Å²) in [6.45, 7) is 7.29. The number of rotatable bonds is 1. The van der Waals surface area contributed by atoms with Crippen molar-refractivity contribution in [2.24, 2.45) is 5.92 Å². The van der Waals surface area contributed by atoms with Gasteiger partial charge in [0.25, 0.3) is 0 Å². The first-order valence-electron chi connectivity index (χ1n) is 8.14. The number of aromatic amines is 1. The summed E-state index contributed by atoms with van der Waals surface area (Å²) < 4.78 is 0. The Morgan fingerprint density at radius 1 is 1.30 bits per heavy atom. The van der Waals surface area contributed by atoms with Crippen LogP contribution in [0.1, 0.15) is 56.3 Å². The van der Waals surface area contributed by atoms with Gasteiger partial charge in [-0.15, -0.1) is 0 Å². The molecule has 2 nitrogen and oxygen atoms in total. The molecule has 0 aliphatic carbocycles. The summed E-state index contributed by atoms with van der Waals surface area (Å²) >= 11 is 0. The molecule has 3 atom stereocenters. The second-order valence-corrected chi connectivity index (χ2v) is 6.66. The average Bonchev–Trinajstić information content (AvgIpc) is 2.85. The molecule has 2 aliphatic heterocycles. The highest BCUT2D eigenvalue weighted by molar-refractivity contribution is 5.85. The molecule has 1 saturated heterocycles. The van der Waals surface area contributed by atoms with Crippen molar-refractivity contribution < 1.29 is 0 Å². The predicted molar refractivity (Wildman–Crippen MR) is 84.0 cm³/mol. The van der Waals surface area contributed by atoms with Gasteiger partial charge in [-0.25, -0.2) is 0 Å². The van der Waals surface area contributed by atoms with Crippen molar-refractivity contribution in [1.82, 2.24) is 9.88 Å². The molecule has 1 fully saturated rings. The average molecular weight is 268 g/mol. The van der Waals surface area contributed by atoms with E-state index >= 15 is 0 Å². The number of piperidine rings is 1. The number of nitrogens with zero attached hydrogens (tertiary/aromatic N) is 1. The molecule has 2 unspecified atom stereocenters. The van der Waals surface area contributed by atoms with Gasteiger partial charge in [0.05, 0.1) is 6.04 Å². The van der Waals surface area contributed by atoms with Crippen LogP contribution in [0.25, 0.3) is 10.9 Å². The molecule has 0 amide bonds. The fourth-order valence-electron chi connectivity index (χ4n) is 4.51. The zero-order valence-electron chi connectivity index (χ0n) is 12.5. The van der Waals surface area contributed by atoms with Crippen LogP contribution in [0.15, 0.2) is 24.3 Å². The van der Waals surface area contributed by atoms with E-state index in [4.69, 9.17) is 0 Å². The molecule has 1 N–H and O–H groups in total. The van der Waals surface area contributed by atoms with Crippen LogP contribution in [0.5, 0.6) is 0 Å². The Kier molecular flexibility index (Phi) is 2.88. The van der Waals surface area contributed by atoms with Crippen LogP contribution in [0, 0.1) is 5.92 Å². The molecule has 20 heavy (non-hydrogen) atoms. The maximum Gasteiger partial charge on any atom is 0.0527 e. The molecule has 2 heteroatoms. The van der Waals surface area contributed by atoms with Gasteiger partial charge in [0.15, 0.2) is 0 Å². The highest BCUT2D eigenvalue weighted by atomic mass is 15.2. The zero-order chi connectivity index (χ0) is 13.7. The molecule has 1 aromatic carbocycles. The fraction of sp³-hybridized carbons (Fsp3) is 0.556. The van der Waals surface area contributed by atoms with Crippen LogP contribution in [0.2, 0.25) is 0 Å². The molecular formula is C18H24N2. The van der Waals surface area contributed by atoms with Gasteiger partial charge < -0.3 is 4.98 Å². The highest BCUT2D eigenvalue weighted by Crippen LogP contribution is 2.46. The van der Waals surface area contributed by atoms with Gasteiger partial charge in [-0.05, 0) is 49.3 Å². The van der Waals surface area contributed by atoms with Crippen LogP contribution >= 0.6 is 0 Å². The Bertz CT molecular complexity index is 627. The molecule has 106 valence electrons. The lowest BCUT2D eigenvalue weighted by atomic mass is 9.79. The second-order valence-electron chi connectivity index (χ2n) is 6.66. The first-order valence-corrected chi connectivity index (χ1v) is 8.14. The third kappa shape index (κ3) is 1.67.